The predicted octanol–water partition coefficient (Wildman–Crippen LogP) is 2.44. The summed E-state index contributed by atoms with van der Waals surface area (Å²) in [4.78, 5) is 5.80. The summed E-state index contributed by atoms with van der Waals surface area (Å²) in [7, 11) is 0. The zero-order chi connectivity index (χ0) is 16.4. The number of benzene rings is 1. The Morgan fingerprint density at radius 1 is 1.04 bits per heavy atom. The average Bonchev–Trinajstić information content (AvgIpc) is 3.08. The highest BCUT2D eigenvalue weighted by molar-refractivity contribution is 5.20. The molecular formula is C22H31N3. The number of rotatable bonds is 2. The van der Waals surface area contributed by atoms with Gasteiger partial charge < -0.3 is 5.32 Å². The van der Waals surface area contributed by atoms with E-state index in [0.29, 0.717) is 5.54 Å². The lowest BCUT2D eigenvalue weighted by atomic mass is 9.52. The number of nitrogens with one attached hydrogen (secondary N) is 1. The maximum Gasteiger partial charge on any atom is 0.0293 e. The summed E-state index contributed by atoms with van der Waals surface area (Å²) >= 11 is 0. The standard InChI is InChI=1S/C22H31N3/c1-2-4-16(5-3-1)11-24-14-20-18-6-7-22(21(20)15-24)19-8-17(9-23-10-19)12-25(22)13-18/h1-5,17-21,23H,6-15H2/t17-,18+,19-,20+,21+,22-/m0/s1. The van der Waals surface area contributed by atoms with Crippen LogP contribution in [-0.4, -0.2) is 54.6 Å². The Balaban J connectivity index is 1.30. The van der Waals surface area contributed by atoms with Gasteiger partial charge in [-0.3, -0.25) is 9.80 Å². The Labute approximate surface area is 151 Å². The molecule has 5 heterocycles. The van der Waals surface area contributed by atoms with E-state index in [9.17, 15) is 0 Å². The van der Waals surface area contributed by atoms with Crippen LogP contribution in [0.4, 0.5) is 0 Å². The molecule has 6 atom stereocenters. The summed E-state index contributed by atoms with van der Waals surface area (Å²) in [6.45, 7) is 9.18. The topological polar surface area (TPSA) is 18.5 Å². The molecule has 25 heavy (non-hydrogen) atoms. The number of hydrogen-bond acceptors (Lipinski definition) is 3. The van der Waals surface area contributed by atoms with Crippen molar-refractivity contribution < 1.29 is 0 Å². The monoisotopic (exact) mass is 337 g/mol. The summed E-state index contributed by atoms with van der Waals surface area (Å²) < 4.78 is 0. The molecule has 134 valence electrons. The third-order valence-corrected chi connectivity index (χ3v) is 8.52. The Kier molecular flexibility index (Phi) is 3.37. The molecule has 0 radical (unpaired) electrons. The maximum atomic E-state index is 3.79. The van der Waals surface area contributed by atoms with Gasteiger partial charge in [-0.05, 0) is 67.5 Å². The minimum absolute atomic E-state index is 0.536. The highest BCUT2D eigenvalue weighted by atomic mass is 15.3. The van der Waals surface area contributed by atoms with Crippen LogP contribution in [0, 0.1) is 29.6 Å². The Bertz CT molecular complexity index is 642. The van der Waals surface area contributed by atoms with E-state index in [-0.39, 0.29) is 0 Å². The van der Waals surface area contributed by atoms with E-state index < -0.39 is 0 Å². The fraction of sp³-hybridized carbons (Fsp3) is 0.727. The molecule has 1 saturated carbocycles. The van der Waals surface area contributed by atoms with Crippen LogP contribution in [0.15, 0.2) is 30.3 Å². The number of likely N-dealkylation sites (tertiary alicyclic amines) is 1. The minimum Gasteiger partial charge on any atom is -0.316 e. The van der Waals surface area contributed by atoms with E-state index in [4.69, 9.17) is 0 Å². The molecule has 3 heteroatoms. The van der Waals surface area contributed by atoms with Gasteiger partial charge in [0.25, 0.3) is 0 Å². The molecule has 1 spiro atoms. The lowest BCUT2D eigenvalue weighted by Gasteiger charge is -2.67. The van der Waals surface area contributed by atoms with Crippen molar-refractivity contribution in [2.75, 3.05) is 39.3 Å². The SMILES string of the molecule is c1ccc(CN2C[C@@H]3[C@@H]4CC[C@]5([C@@H]6CNC[C@H](C6)CN5C4)[C@@H]3C2)cc1. The molecule has 7 rings (SSSR count). The fourth-order valence-electron chi connectivity index (χ4n) is 7.65. The van der Waals surface area contributed by atoms with Crippen molar-refractivity contribution in [3.8, 4) is 0 Å². The van der Waals surface area contributed by atoms with Crippen LogP contribution in [0.25, 0.3) is 0 Å². The molecule has 6 aliphatic rings. The number of nitrogens with zero attached hydrogens (tertiary/aromatic N) is 2. The van der Waals surface area contributed by atoms with Gasteiger partial charge in [-0.2, -0.15) is 0 Å². The first kappa shape index (κ1) is 15.2. The summed E-state index contributed by atoms with van der Waals surface area (Å²) in [6, 6.07) is 11.1. The quantitative estimate of drug-likeness (QED) is 0.894. The summed E-state index contributed by atoms with van der Waals surface area (Å²) in [5.74, 6) is 4.69. The molecule has 1 aromatic carbocycles. The fourth-order valence-corrected chi connectivity index (χ4v) is 7.65. The number of piperidine rings is 4. The van der Waals surface area contributed by atoms with Gasteiger partial charge in [0, 0.05) is 38.3 Å². The molecule has 1 N–H and O–H groups in total. The molecule has 4 bridgehead atoms. The second-order valence-electron chi connectivity index (χ2n) is 9.60. The average molecular weight is 338 g/mol. The molecular weight excluding hydrogens is 306 g/mol. The van der Waals surface area contributed by atoms with Crippen molar-refractivity contribution >= 4 is 0 Å². The Morgan fingerprint density at radius 3 is 2.88 bits per heavy atom. The van der Waals surface area contributed by atoms with Crippen LogP contribution in [0.5, 0.6) is 0 Å². The zero-order valence-electron chi connectivity index (χ0n) is 15.2. The summed E-state index contributed by atoms with van der Waals surface area (Å²) in [5, 5.41) is 3.79. The first-order chi connectivity index (χ1) is 12.3. The molecule has 5 saturated heterocycles. The zero-order valence-corrected chi connectivity index (χ0v) is 15.2. The van der Waals surface area contributed by atoms with Crippen molar-refractivity contribution in [2.45, 2.75) is 31.3 Å². The molecule has 3 nitrogen and oxygen atoms in total. The van der Waals surface area contributed by atoms with Crippen molar-refractivity contribution in [1.82, 2.24) is 15.1 Å². The summed E-state index contributed by atoms with van der Waals surface area (Å²) in [5.41, 5.74) is 2.03. The molecule has 6 fully saturated rings. The highest BCUT2D eigenvalue weighted by Gasteiger charge is 2.64. The molecule has 0 amide bonds. The predicted molar refractivity (Wildman–Crippen MR) is 100 cm³/mol. The van der Waals surface area contributed by atoms with E-state index in [1.807, 2.05) is 0 Å². The van der Waals surface area contributed by atoms with Gasteiger partial charge in [-0.25, -0.2) is 0 Å². The number of fused-ring (bicyclic) bond motifs is 3. The van der Waals surface area contributed by atoms with Crippen LogP contribution in [-0.2, 0) is 6.54 Å². The smallest absolute Gasteiger partial charge is 0.0293 e. The lowest BCUT2D eigenvalue weighted by Crippen LogP contribution is -2.74. The second-order valence-corrected chi connectivity index (χ2v) is 9.60. The summed E-state index contributed by atoms with van der Waals surface area (Å²) in [6.07, 6.45) is 4.48. The van der Waals surface area contributed by atoms with E-state index in [2.05, 4.69) is 45.4 Å². The normalized spacial score (nSPS) is 46.0. The van der Waals surface area contributed by atoms with Crippen LogP contribution in [0.3, 0.4) is 0 Å². The van der Waals surface area contributed by atoms with Crippen molar-refractivity contribution in [3.05, 3.63) is 35.9 Å². The van der Waals surface area contributed by atoms with Gasteiger partial charge >= 0.3 is 0 Å². The lowest BCUT2D eigenvalue weighted by molar-refractivity contribution is -0.169. The molecule has 1 aromatic rings. The number of hydrogen-bond donors (Lipinski definition) is 1. The van der Waals surface area contributed by atoms with Crippen LogP contribution >= 0.6 is 0 Å². The maximum absolute atomic E-state index is 3.79. The van der Waals surface area contributed by atoms with Crippen LogP contribution in [0.1, 0.15) is 24.8 Å². The van der Waals surface area contributed by atoms with E-state index in [1.54, 1.807) is 0 Å². The van der Waals surface area contributed by atoms with Crippen LogP contribution < -0.4 is 5.32 Å². The van der Waals surface area contributed by atoms with Crippen molar-refractivity contribution in [3.63, 3.8) is 0 Å². The van der Waals surface area contributed by atoms with Gasteiger partial charge in [0.2, 0.25) is 0 Å². The van der Waals surface area contributed by atoms with Crippen molar-refractivity contribution in [2.24, 2.45) is 29.6 Å². The molecule has 5 aliphatic heterocycles. The second kappa shape index (κ2) is 5.55. The Morgan fingerprint density at radius 2 is 1.96 bits per heavy atom. The van der Waals surface area contributed by atoms with Gasteiger partial charge in [-0.1, -0.05) is 30.3 Å². The van der Waals surface area contributed by atoms with E-state index in [1.165, 1.54) is 64.1 Å². The first-order valence-corrected chi connectivity index (χ1v) is 10.5. The van der Waals surface area contributed by atoms with Crippen molar-refractivity contribution in [1.29, 1.82) is 0 Å². The molecule has 0 aromatic heterocycles. The van der Waals surface area contributed by atoms with Gasteiger partial charge in [0.05, 0.1) is 0 Å². The van der Waals surface area contributed by atoms with E-state index in [0.717, 1.165) is 36.1 Å². The van der Waals surface area contributed by atoms with Gasteiger partial charge in [-0.15, -0.1) is 0 Å². The van der Waals surface area contributed by atoms with Crippen LogP contribution in [0.2, 0.25) is 0 Å². The highest BCUT2D eigenvalue weighted by Crippen LogP contribution is 2.59. The molecule has 1 aliphatic carbocycles. The third-order valence-electron chi connectivity index (χ3n) is 8.52. The Hall–Kier alpha value is -0.900. The molecule has 0 unspecified atom stereocenters. The first-order valence-electron chi connectivity index (χ1n) is 10.5. The minimum atomic E-state index is 0.536. The largest absolute Gasteiger partial charge is 0.316 e. The van der Waals surface area contributed by atoms with E-state index >= 15 is 0 Å². The van der Waals surface area contributed by atoms with Gasteiger partial charge in [0.15, 0.2) is 0 Å². The third kappa shape index (κ3) is 2.15. The van der Waals surface area contributed by atoms with Gasteiger partial charge in [0.1, 0.15) is 0 Å².